The Labute approximate surface area is 160 Å². The van der Waals surface area contributed by atoms with Crippen molar-refractivity contribution < 1.29 is 9.18 Å². The van der Waals surface area contributed by atoms with E-state index >= 15 is 0 Å². The molecule has 6 nitrogen and oxygen atoms in total. The molecule has 0 saturated carbocycles. The van der Waals surface area contributed by atoms with Crippen LogP contribution in [0.2, 0.25) is 5.02 Å². The fourth-order valence-corrected chi connectivity index (χ4v) is 2.86. The molecule has 0 bridgehead atoms. The SMILES string of the molecule is CCN(CC(=O)Nc1ccc(F)c(Cl)c1)Cc1nc2ccccc2c(=O)[nH]1. The van der Waals surface area contributed by atoms with Crippen molar-refractivity contribution in [2.75, 3.05) is 18.4 Å². The minimum absolute atomic E-state index is 0.0573. The topological polar surface area (TPSA) is 78.1 Å². The maximum absolute atomic E-state index is 13.2. The van der Waals surface area contributed by atoms with Crippen molar-refractivity contribution in [3.8, 4) is 0 Å². The lowest BCUT2D eigenvalue weighted by molar-refractivity contribution is -0.117. The van der Waals surface area contributed by atoms with Gasteiger partial charge in [0.2, 0.25) is 5.91 Å². The molecule has 1 aromatic heterocycles. The number of carbonyl (C=O) groups is 1. The van der Waals surface area contributed by atoms with E-state index in [1.54, 1.807) is 18.2 Å². The minimum Gasteiger partial charge on any atom is -0.325 e. The van der Waals surface area contributed by atoms with E-state index in [1.807, 2.05) is 17.9 Å². The average Bonchev–Trinajstić information content (AvgIpc) is 2.64. The van der Waals surface area contributed by atoms with Crippen LogP contribution in [0.3, 0.4) is 0 Å². The molecule has 2 N–H and O–H groups in total. The molecule has 0 atom stereocenters. The highest BCUT2D eigenvalue weighted by molar-refractivity contribution is 6.31. The van der Waals surface area contributed by atoms with Crippen molar-refractivity contribution in [2.24, 2.45) is 0 Å². The standard InChI is InChI=1S/C19H18ClFN4O2/c1-2-25(11-18(26)22-12-7-8-15(21)14(20)9-12)10-17-23-16-6-4-3-5-13(16)19(27)24-17/h3-9H,2,10-11H2,1H3,(H,22,26)(H,23,24,27). The third kappa shape index (κ3) is 4.69. The van der Waals surface area contributed by atoms with Crippen molar-refractivity contribution in [2.45, 2.75) is 13.5 Å². The fourth-order valence-electron chi connectivity index (χ4n) is 2.68. The summed E-state index contributed by atoms with van der Waals surface area (Å²) in [4.78, 5) is 33.4. The van der Waals surface area contributed by atoms with E-state index in [4.69, 9.17) is 11.6 Å². The number of nitrogens with one attached hydrogen (secondary N) is 2. The molecular weight excluding hydrogens is 371 g/mol. The van der Waals surface area contributed by atoms with Gasteiger partial charge in [0.25, 0.3) is 5.56 Å². The molecule has 0 unspecified atom stereocenters. The van der Waals surface area contributed by atoms with Gasteiger partial charge in [-0.1, -0.05) is 30.7 Å². The van der Waals surface area contributed by atoms with Gasteiger partial charge in [-0.3, -0.25) is 14.5 Å². The summed E-state index contributed by atoms with van der Waals surface area (Å²) in [6.07, 6.45) is 0. The molecule has 0 spiro atoms. The Morgan fingerprint density at radius 3 is 2.81 bits per heavy atom. The van der Waals surface area contributed by atoms with Crippen molar-refractivity contribution in [1.29, 1.82) is 0 Å². The molecule has 8 heteroatoms. The largest absolute Gasteiger partial charge is 0.325 e. The zero-order valence-electron chi connectivity index (χ0n) is 14.6. The summed E-state index contributed by atoms with van der Waals surface area (Å²) in [7, 11) is 0. The normalized spacial score (nSPS) is 11.1. The number of H-pyrrole nitrogens is 1. The molecule has 2 aromatic carbocycles. The highest BCUT2D eigenvalue weighted by atomic mass is 35.5. The van der Waals surface area contributed by atoms with E-state index in [2.05, 4.69) is 15.3 Å². The van der Waals surface area contributed by atoms with Crippen molar-refractivity contribution in [3.63, 3.8) is 0 Å². The summed E-state index contributed by atoms with van der Waals surface area (Å²) in [6, 6.07) is 11.1. The Kier molecular flexibility index (Phi) is 5.83. The third-order valence-electron chi connectivity index (χ3n) is 4.05. The van der Waals surface area contributed by atoms with Gasteiger partial charge in [-0.2, -0.15) is 0 Å². The first-order valence-electron chi connectivity index (χ1n) is 8.41. The van der Waals surface area contributed by atoms with E-state index in [1.165, 1.54) is 18.2 Å². The zero-order valence-corrected chi connectivity index (χ0v) is 15.4. The van der Waals surface area contributed by atoms with Crippen LogP contribution in [0.4, 0.5) is 10.1 Å². The number of aromatic nitrogens is 2. The summed E-state index contributed by atoms with van der Waals surface area (Å²) >= 11 is 5.72. The van der Waals surface area contributed by atoms with Crippen LogP contribution in [0, 0.1) is 5.82 Å². The van der Waals surface area contributed by atoms with Crippen LogP contribution in [0.15, 0.2) is 47.3 Å². The Bertz CT molecular complexity index is 1040. The fraction of sp³-hybridized carbons (Fsp3) is 0.211. The molecule has 0 fully saturated rings. The second-order valence-corrected chi connectivity index (χ2v) is 6.42. The molecule has 0 aliphatic rings. The number of hydrogen-bond donors (Lipinski definition) is 2. The Hall–Kier alpha value is -2.77. The highest BCUT2D eigenvalue weighted by Gasteiger charge is 2.13. The molecule has 3 rings (SSSR count). The Morgan fingerprint density at radius 2 is 2.07 bits per heavy atom. The summed E-state index contributed by atoms with van der Waals surface area (Å²) in [6.45, 7) is 2.88. The zero-order chi connectivity index (χ0) is 19.4. The van der Waals surface area contributed by atoms with Gasteiger partial charge in [-0.25, -0.2) is 9.37 Å². The van der Waals surface area contributed by atoms with Gasteiger partial charge in [0.05, 0.1) is 29.0 Å². The number of amides is 1. The first-order valence-corrected chi connectivity index (χ1v) is 8.79. The number of rotatable bonds is 6. The number of likely N-dealkylation sites (N-methyl/N-ethyl adjacent to an activating group) is 1. The van der Waals surface area contributed by atoms with E-state index < -0.39 is 5.82 Å². The molecule has 1 heterocycles. The number of nitrogens with zero attached hydrogens (tertiary/aromatic N) is 2. The van der Waals surface area contributed by atoms with E-state index in [0.717, 1.165) is 0 Å². The Balaban J connectivity index is 1.69. The quantitative estimate of drug-likeness (QED) is 0.679. The van der Waals surface area contributed by atoms with Gasteiger partial charge in [0, 0.05) is 5.69 Å². The van der Waals surface area contributed by atoms with Crippen LogP contribution in [-0.2, 0) is 11.3 Å². The van der Waals surface area contributed by atoms with Crippen molar-refractivity contribution in [3.05, 3.63) is 69.5 Å². The minimum atomic E-state index is -0.545. The number of halogens is 2. The van der Waals surface area contributed by atoms with E-state index in [9.17, 15) is 14.0 Å². The number of hydrogen-bond acceptors (Lipinski definition) is 4. The van der Waals surface area contributed by atoms with Crippen LogP contribution >= 0.6 is 11.6 Å². The first kappa shape index (κ1) is 19.0. The number of anilines is 1. The van der Waals surface area contributed by atoms with Gasteiger partial charge in [0.15, 0.2) is 0 Å². The highest BCUT2D eigenvalue weighted by Crippen LogP contribution is 2.19. The number of fused-ring (bicyclic) bond motifs is 1. The van der Waals surface area contributed by atoms with Crippen LogP contribution < -0.4 is 10.9 Å². The van der Waals surface area contributed by atoms with Gasteiger partial charge in [0.1, 0.15) is 11.6 Å². The maximum Gasteiger partial charge on any atom is 0.258 e. The predicted molar refractivity (Wildman–Crippen MR) is 103 cm³/mol. The molecule has 3 aromatic rings. The van der Waals surface area contributed by atoms with Crippen molar-refractivity contribution in [1.82, 2.24) is 14.9 Å². The lowest BCUT2D eigenvalue weighted by atomic mass is 10.2. The van der Waals surface area contributed by atoms with E-state index in [-0.39, 0.29) is 23.0 Å². The van der Waals surface area contributed by atoms with Crippen LogP contribution in [0.25, 0.3) is 10.9 Å². The van der Waals surface area contributed by atoms with Gasteiger partial charge < -0.3 is 10.3 Å². The number of para-hydroxylation sites is 1. The average molecular weight is 389 g/mol. The van der Waals surface area contributed by atoms with Crippen LogP contribution in [0.1, 0.15) is 12.7 Å². The summed E-state index contributed by atoms with van der Waals surface area (Å²) in [5.74, 6) is -0.336. The second kappa shape index (κ2) is 8.28. The molecule has 0 aliphatic heterocycles. The molecule has 0 aliphatic carbocycles. The van der Waals surface area contributed by atoms with Gasteiger partial charge in [-0.05, 0) is 36.9 Å². The number of benzene rings is 2. The summed E-state index contributed by atoms with van der Waals surface area (Å²) < 4.78 is 13.2. The second-order valence-electron chi connectivity index (χ2n) is 6.01. The molecular formula is C19H18ClFN4O2. The molecule has 0 saturated heterocycles. The lowest BCUT2D eigenvalue weighted by Crippen LogP contribution is -2.33. The molecule has 27 heavy (non-hydrogen) atoms. The molecule has 140 valence electrons. The Morgan fingerprint density at radius 1 is 1.30 bits per heavy atom. The van der Waals surface area contributed by atoms with Gasteiger partial charge in [-0.15, -0.1) is 0 Å². The predicted octanol–water partition coefficient (Wildman–Crippen LogP) is 3.18. The van der Waals surface area contributed by atoms with Crippen molar-refractivity contribution >= 4 is 34.1 Å². The summed E-state index contributed by atoms with van der Waals surface area (Å²) in [5.41, 5.74) is 0.814. The lowest BCUT2D eigenvalue weighted by Gasteiger charge is -2.19. The van der Waals surface area contributed by atoms with Crippen LogP contribution in [-0.4, -0.2) is 33.9 Å². The van der Waals surface area contributed by atoms with Crippen LogP contribution in [0.5, 0.6) is 0 Å². The number of aromatic amines is 1. The number of carbonyl (C=O) groups excluding carboxylic acids is 1. The third-order valence-corrected chi connectivity index (χ3v) is 4.34. The molecule has 1 amide bonds. The van der Waals surface area contributed by atoms with E-state index in [0.29, 0.717) is 35.5 Å². The summed E-state index contributed by atoms with van der Waals surface area (Å²) in [5, 5.41) is 3.14. The monoisotopic (exact) mass is 388 g/mol. The molecule has 0 radical (unpaired) electrons. The first-order chi connectivity index (χ1) is 13.0. The smallest absolute Gasteiger partial charge is 0.258 e. The van der Waals surface area contributed by atoms with Gasteiger partial charge >= 0.3 is 0 Å². The maximum atomic E-state index is 13.2.